The maximum atomic E-state index is 2.39. The van der Waals surface area contributed by atoms with Crippen LogP contribution in [-0.4, -0.2) is 13.3 Å². The number of rotatable bonds is 3. The van der Waals surface area contributed by atoms with Gasteiger partial charge in [0, 0.05) is 5.69 Å². The monoisotopic (exact) mass is 315 g/mol. The molecule has 0 amide bonds. The molecular formula is C21H21N3. The van der Waals surface area contributed by atoms with E-state index in [1.165, 1.54) is 22.6 Å². The Morgan fingerprint density at radius 1 is 0.542 bits per heavy atom. The molecule has 1 aliphatic rings. The van der Waals surface area contributed by atoms with Crippen LogP contribution in [0.15, 0.2) is 84.9 Å². The lowest BCUT2D eigenvalue weighted by atomic mass is 10.2. The van der Waals surface area contributed by atoms with E-state index in [1.807, 2.05) is 0 Å². The molecule has 0 atom stereocenters. The minimum Gasteiger partial charge on any atom is -0.332 e. The third-order valence-corrected chi connectivity index (χ3v) is 4.41. The Balaban J connectivity index is 1.68. The summed E-state index contributed by atoms with van der Waals surface area (Å²) in [6.07, 6.45) is 0. The summed E-state index contributed by atoms with van der Waals surface area (Å²) in [5, 5.41) is 4.66. The number of hydrogen-bond acceptors (Lipinski definition) is 3. The van der Waals surface area contributed by atoms with Crippen LogP contribution < -0.4 is 14.9 Å². The van der Waals surface area contributed by atoms with Crippen molar-refractivity contribution in [3.8, 4) is 0 Å². The van der Waals surface area contributed by atoms with E-state index in [0.29, 0.717) is 0 Å². The van der Waals surface area contributed by atoms with Gasteiger partial charge < -0.3 is 4.90 Å². The van der Waals surface area contributed by atoms with E-state index in [4.69, 9.17) is 0 Å². The Bertz CT molecular complexity index is 737. The first-order valence-corrected chi connectivity index (χ1v) is 8.28. The topological polar surface area (TPSA) is 9.72 Å². The predicted octanol–water partition coefficient (Wildman–Crippen LogP) is 4.66. The van der Waals surface area contributed by atoms with Crippen molar-refractivity contribution in [3.05, 3.63) is 90.5 Å². The summed E-state index contributed by atoms with van der Waals surface area (Å²) in [6.45, 7) is 3.80. The molecule has 3 aromatic carbocycles. The Hall–Kier alpha value is -2.94. The lowest BCUT2D eigenvalue weighted by Crippen LogP contribution is -2.36. The molecule has 3 nitrogen and oxygen atoms in total. The van der Waals surface area contributed by atoms with Gasteiger partial charge in [-0.05, 0) is 43.3 Å². The number of hydrazine groups is 1. The van der Waals surface area contributed by atoms with E-state index in [1.54, 1.807) is 0 Å². The van der Waals surface area contributed by atoms with Gasteiger partial charge in [0.05, 0.1) is 11.4 Å². The zero-order valence-electron chi connectivity index (χ0n) is 13.8. The molecule has 0 radical (unpaired) electrons. The standard InChI is InChI=1S/C21H21N3/c1-18-12-14-19(15-13-18)22-16-23(20-8-4-2-5-9-20)24(17-22)21-10-6-3-7-11-21/h2-15H,16-17H2,1H3. The number of anilines is 3. The van der Waals surface area contributed by atoms with Gasteiger partial charge in [-0.15, -0.1) is 0 Å². The third kappa shape index (κ3) is 2.81. The van der Waals surface area contributed by atoms with Gasteiger partial charge in [0.2, 0.25) is 0 Å². The van der Waals surface area contributed by atoms with Gasteiger partial charge in [-0.3, -0.25) is 10.0 Å². The molecule has 0 aliphatic carbocycles. The summed E-state index contributed by atoms with van der Waals surface area (Å²) in [5.74, 6) is 0. The van der Waals surface area contributed by atoms with E-state index in [0.717, 1.165) is 13.3 Å². The van der Waals surface area contributed by atoms with Crippen molar-refractivity contribution >= 4 is 17.1 Å². The van der Waals surface area contributed by atoms with Crippen molar-refractivity contribution in [1.29, 1.82) is 0 Å². The summed E-state index contributed by atoms with van der Waals surface area (Å²) >= 11 is 0. The molecule has 1 heterocycles. The molecular weight excluding hydrogens is 294 g/mol. The average molecular weight is 315 g/mol. The highest BCUT2D eigenvalue weighted by molar-refractivity contribution is 5.64. The van der Waals surface area contributed by atoms with Crippen LogP contribution in [-0.2, 0) is 0 Å². The summed E-state index contributed by atoms with van der Waals surface area (Å²) in [6, 6.07) is 29.9. The Morgan fingerprint density at radius 2 is 1.00 bits per heavy atom. The van der Waals surface area contributed by atoms with Gasteiger partial charge in [0.25, 0.3) is 0 Å². The van der Waals surface area contributed by atoms with E-state index >= 15 is 0 Å². The van der Waals surface area contributed by atoms with Crippen LogP contribution in [0.1, 0.15) is 5.56 Å². The first kappa shape index (κ1) is 14.6. The van der Waals surface area contributed by atoms with Crippen molar-refractivity contribution < 1.29 is 0 Å². The molecule has 3 aromatic rings. The molecule has 24 heavy (non-hydrogen) atoms. The normalized spacial score (nSPS) is 14.3. The molecule has 0 N–H and O–H groups in total. The van der Waals surface area contributed by atoms with Crippen molar-refractivity contribution in [3.63, 3.8) is 0 Å². The zero-order valence-corrected chi connectivity index (χ0v) is 13.8. The van der Waals surface area contributed by atoms with E-state index < -0.39 is 0 Å². The van der Waals surface area contributed by atoms with Gasteiger partial charge in [0.1, 0.15) is 13.3 Å². The number of hydrogen-bond donors (Lipinski definition) is 0. The fraction of sp³-hybridized carbons (Fsp3) is 0.143. The van der Waals surface area contributed by atoms with Crippen molar-refractivity contribution in [2.45, 2.75) is 6.92 Å². The SMILES string of the molecule is Cc1ccc(N2CN(c3ccccc3)N(c3ccccc3)C2)cc1. The number of para-hydroxylation sites is 2. The highest BCUT2D eigenvalue weighted by atomic mass is 15.7. The van der Waals surface area contributed by atoms with Crippen LogP contribution in [0.3, 0.4) is 0 Å². The highest BCUT2D eigenvalue weighted by Gasteiger charge is 2.28. The minimum absolute atomic E-state index is 0.835. The number of benzene rings is 3. The van der Waals surface area contributed by atoms with Gasteiger partial charge in [-0.25, -0.2) is 0 Å². The fourth-order valence-corrected chi connectivity index (χ4v) is 3.08. The molecule has 0 unspecified atom stereocenters. The molecule has 0 saturated carbocycles. The average Bonchev–Trinajstić information content (AvgIpc) is 3.09. The Labute approximate surface area is 143 Å². The minimum atomic E-state index is 0.835. The summed E-state index contributed by atoms with van der Waals surface area (Å²) in [7, 11) is 0. The van der Waals surface area contributed by atoms with Crippen LogP contribution in [0.2, 0.25) is 0 Å². The van der Waals surface area contributed by atoms with Crippen LogP contribution in [0.5, 0.6) is 0 Å². The van der Waals surface area contributed by atoms with Crippen molar-refractivity contribution in [1.82, 2.24) is 0 Å². The highest BCUT2D eigenvalue weighted by Crippen LogP contribution is 2.30. The molecule has 0 spiro atoms. The van der Waals surface area contributed by atoms with Gasteiger partial charge in [-0.2, -0.15) is 0 Å². The largest absolute Gasteiger partial charge is 0.332 e. The second kappa shape index (κ2) is 6.28. The lowest BCUT2D eigenvalue weighted by molar-refractivity contribution is 0.891. The summed E-state index contributed by atoms with van der Waals surface area (Å²) in [4.78, 5) is 2.39. The van der Waals surface area contributed by atoms with Gasteiger partial charge in [0.15, 0.2) is 0 Å². The van der Waals surface area contributed by atoms with Crippen LogP contribution in [0, 0.1) is 6.92 Å². The smallest absolute Gasteiger partial charge is 0.112 e. The van der Waals surface area contributed by atoms with E-state index in [2.05, 4.69) is 107 Å². The molecule has 3 heteroatoms. The molecule has 120 valence electrons. The Kier molecular flexibility index (Phi) is 3.83. The number of nitrogens with zero attached hydrogens (tertiary/aromatic N) is 3. The zero-order chi connectivity index (χ0) is 16.4. The lowest BCUT2D eigenvalue weighted by Gasteiger charge is -2.29. The van der Waals surface area contributed by atoms with Gasteiger partial charge >= 0.3 is 0 Å². The maximum absolute atomic E-state index is 2.39. The summed E-state index contributed by atoms with van der Waals surface area (Å²) < 4.78 is 0. The van der Waals surface area contributed by atoms with Crippen LogP contribution in [0.25, 0.3) is 0 Å². The molecule has 1 fully saturated rings. The molecule has 1 aliphatic heterocycles. The van der Waals surface area contributed by atoms with E-state index in [9.17, 15) is 0 Å². The Morgan fingerprint density at radius 3 is 1.46 bits per heavy atom. The quantitative estimate of drug-likeness (QED) is 0.696. The molecule has 0 bridgehead atoms. The molecule has 4 rings (SSSR count). The number of aryl methyl sites for hydroxylation is 1. The van der Waals surface area contributed by atoms with Crippen LogP contribution >= 0.6 is 0 Å². The summed E-state index contributed by atoms with van der Waals surface area (Å²) in [5.41, 5.74) is 4.95. The van der Waals surface area contributed by atoms with E-state index in [-0.39, 0.29) is 0 Å². The second-order valence-corrected chi connectivity index (χ2v) is 6.13. The van der Waals surface area contributed by atoms with Gasteiger partial charge in [-0.1, -0.05) is 54.1 Å². The van der Waals surface area contributed by atoms with Crippen LogP contribution in [0.4, 0.5) is 17.1 Å². The first-order chi connectivity index (χ1) is 11.8. The maximum Gasteiger partial charge on any atom is 0.112 e. The molecule has 0 aromatic heterocycles. The molecule has 1 saturated heterocycles. The predicted molar refractivity (Wildman–Crippen MR) is 101 cm³/mol. The van der Waals surface area contributed by atoms with Crippen molar-refractivity contribution in [2.24, 2.45) is 0 Å². The second-order valence-electron chi connectivity index (χ2n) is 6.13. The van der Waals surface area contributed by atoms with Crippen molar-refractivity contribution in [2.75, 3.05) is 28.3 Å². The first-order valence-electron chi connectivity index (χ1n) is 8.28. The fourth-order valence-electron chi connectivity index (χ4n) is 3.08. The third-order valence-electron chi connectivity index (χ3n) is 4.41.